The quantitative estimate of drug-likeness (QED) is 0.804. The molecule has 0 bridgehead atoms. The molecule has 1 unspecified atom stereocenters. The van der Waals surface area contributed by atoms with E-state index in [-0.39, 0.29) is 6.61 Å². The third-order valence-corrected chi connectivity index (χ3v) is 3.82. The number of aliphatic hydroxyl groups is 1. The lowest BCUT2D eigenvalue weighted by molar-refractivity contribution is -0.105. The lowest BCUT2D eigenvalue weighted by Crippen LogP contribution is -2.34. The normalized spacial score (nSPS) is 21.4. The van der Waals surface area contributed by atoms with Crippen LogP contribution in [0.5, 0.6) is 5.75 Å². The number of rotatable bonds is 3. The summed E-state index contributed by atoms with van der Waals surface area (Å²) in [5.74, 6) is 0.859. The van der Waals surface area contributed by atoms with Crippen molar-refractivity contribution >= 4 is 12.1 Å². The molecule has 4 nitrogen and oxygen atoms in total. The molecule has 0 saturated heterocycles. The van der Waals surface area contributed by atoms with Crippen LogP contribution < -0.4 is 10.1 Å². The van der Waals surface area contributed by atoms with Gasteiger partial charge in [0, 0.05) is 17.7 Å². The van der Waals surface area contributed by atoms with Crippen molar-refractivity contribution in [3.8, 4) is 5.75 Å². The molecule has 1 atom stereocenters. The van der Waals surface area contributed by atoms with E-state index in [0.29, 0.717) is 12.8 Å². The largest absolute Gasteiger partial charge is 0.484 e. The van der Waals surface area contributed by atoms with Gasteiger partial charge in [0.15, 0.2) is 0 Å². The predicted molar refractivity (Wildman–Crippen MR) is 70.2 cm³/mol. The minimum Gasteiger partial charge on any atom is -0.484 e. The van der Waals surface area contributed by atoms with Gasteiger partial charge in [0.1, 0.15) is 11.4 Å². The van der Waals surface area contributed by atoms with Crippen LogP contribution >= 0.6 is 0 Å². The van der Waals surface area contributed by atoms with Crippen LogP contribution in [0.25, 0.3) is 0 Å². The molecule has 4 heteroatoms. The van der Waals surface area contributed by atoms with Crippen LogP contribution in [0, 0.1) is 20.8 Å². The molecular formula is C14H19NO3. The number of amides is 1. The zero-order chi connectivity index (χ0) is 13.5. The van der Waals surface area contributed by atoms with Crippen LogP contribution in [0.4, 0.5) is 5.69 Å². The topological polar surface area (TPSA) is 58.6 Å². The van der Waals surface area contributed by atoms with Gasteiger partial charge < -0.3 is 15.2 Å². The summed E-state index contributed by atoms with van der Waals surface area (Å²) in [5, 5.41) is 12.2. The van der Waals surface area contributed by atoms with Gasteiger partial charge in [-0.25, -0.2) is 0 Å². The van der Waals surface area contributed by atoms with Gasteiger partial charge in [-0.05, 0) is 44.4 Å². The highest BCUT2D eigenvalue weighted by atomic mass is 16.5. The Balaban J connectivity index is 2.60. The molecule has 0 radical (unpaired) electrons. The number of anilines is 1. The monoisotopic (exact) mass is 249 g/mol. The molecule has 0 saturated carbocycles. The average Bonchev–Trinajstić information content (AvgIpc) is 2.71. The van der Waals surface area contributed by atoms with Gasteiger partial charge >= 0.3 is 0 Å². The standard InChI is InChI=1S/C14H19NO3/c1-8-9(2)13-11(5-14(4,6-16)18-13)10(3)12(8)15-7-17/h7,16H,5-6H2,1-4H3,(H,15,17). The summed E-state index contributed by atoms with van der Waals surface area (Å²) in [5.41, 5.74) is 4.45. The number of ether oxygens (including phenoxy) is 1. The molecule has 2 rings (SSSR count). The highest BCUT2D eigenvalue weighted by Crippen LogP contribution is 2.44. The molecule has 1 aliphatic rings. The fraction of sp³-hybridized carbons (Fsp3) is 0.500. The van der Waals surface area contributed by atoms with Crippen LogP contribution in [0.2, 0.25) is 0 Å². The number of carbonyl (C=O) groups is 1. The maximum Gasteiger partial charge on any atom is 0.211 e. The lowest BCUT2D eigenvalue weighted by Gasteiger charge is -2.21. The van der Waals surface area contributed by atoms with Gasteiger partial charge in [-0.2, -0.15) is 0 Å². The number of fused-ring (bicyclic) bond motifs is 1. The molecule has 2 N–H and O–H groups in total. The van der Waals surface area contributed by atoms with Crippen LogP contribution in [-0.4, -0.2) is 23.7 Å². The Hall–Kier alpha value is -1.55. The molecule has 18 heavy (non-hydrogen) atoms. The summed E-state index contributed by atoms with van der Waals surface area (Å²) in [6, 6.07) is 0. The maximum atomic E-state index is 10.7. The van der Waals surface area contributed by atoms with Gasteiger partial charge in [-0.3, -0.25) is 4.79 Å². The minimum atomic E-state index is -0.551. The van der Waals surface area contributed by atoms with E-state index in [4.69, 9.17) is 4.74 Å². The molecule has 1 aromatic rings. The molecule has 98 valence electrons. The van der Waals surface area contributed by atoms with Crippen molar-refractivity contribution in [2.24, 2.45) is 0 Å². The van der Waals surface area contributed by atoms with Gasteiger partial charge in [0.05, 0.1) is 6.61 Å². The first kappa shape index (κ1) is 12.9. The number of hydrogen-bond acceptors (Lipinski definition) is 3. The van der Waals surface area contributed by atoms with Crippen molar-refractivity contribution < 1.29 is 14.6 Å². The van der Waals surface area contributed by atoms with Crippen molar-refractivity contribution in [3.05, 3.63) is 22.3 Å². The fourth-order valence-electron chi connectivity index (χ4n) is 2.56. The predicted octanol–water partition coefficient (Wildman–Crippen LogP) is 1.87. The zero-order valence-electron chi connectivity index (χ0n) is 11.3. The lowest BCUT2D eigenvalue weighted by atomic mass is 9.92. The molecule has 1 aromatic carbocycles. The molecule has 0 aliphatic carbocycles. The third-order valence-electron chi connectivity index (χ3n) is 3.82. The Morgan fingerprint density at radius 3 is 2.56 bits per heavy atom. The number of aliphatic hydroxyl groups excluding tert-OH is 1. The van der Waals surface area contributed by atoms with E-state index in [9.17, 15) is 9.90 Å². The number of nitrogens with one attached hydrogen (secondary N) is 1. The first-order valence-corrected chi connectivity index (χ1v) is 6.06. The van der Waals surface area contributed by atoms with Crippen LogP contribution in [-0.2, 0) is 11.2 Å². The minimum absolute atomic E-state index is 0.0178. The summed E-state index contributed by atoms with van der Waals surface area (Å²) in [6.07, 6.45) is 1.36. The van der Waals surface area contributed by atoms with Gasteiger partial charge in [0.2, 0.25) is 6.41 Å². The average molecular weight is 249 g/mol. The van der Waals surface area contributed by atoms with Crippen LogP contribution in [0.3, 0.4) is 0 Å². The second-order valence-electron chi connectivity index (χ2n) is 5.21. The molecule has 1 heterocycles. The van der Waals surface area contributed by atoms with E-state index in [2.05, 4.69) is 5.32 Å². The summed E-state index contributed by atoms with van der Waals surface area (Å²) < 4.78 is 5.90. The fourth-order valence-corrected chi connectivity index (χ4v) is 2.56. The van der Waals surface area contributed by atoms with Gasteiger partial charge in [-0.1, -0.05) is 0 Å². The van der Waals surface area contributed by atoms with Crippen molar-refractivity contribution in [1.82, 2.24) is 0 Å². The maximum absolute atomic E-state index is 10.7. The second-order valence-corrected chi connectivity index (χ2v) is 5.21. The van der Waals surface area contributed by atoms with E-state index in [1.165, 1.54) is 0 Å². The zero-order valence-corrected chi connectivity index (χ0v) is 11.3. The Kier molecular flexibility index (Phi) is 3.07. The molecule has 1 aliphatic heterocycles. The Morgan fingerprint density at radius 1 is 1.33 bits per heavy atom. The number of carbonyl (C=O) groups excluding carboxylic acids is 1. The van der Waals surface area contributed by atoms with Crippen LogP contribution in [0.1, 0.15) is 29.2 Å². The first-order chi connectivity index (χ1) is 8.43. The molecular weight excluding hydrogens is 230 g/mol. The summed E-state index contributed by atoms with van der Waals surface area (Å²) in [6.45, 7) is 7.80. The second kappa shape index (κ2) is 4.28. The van der Waals surface area contributed by atoms with Gasteiger partial charge in [0.25, 0.3) is 0 Å². The SMILES string of the molecule is Cc1c(C)c2c(c(C)c1NC=O)CC(C)(CO)O2. The Labute approximate surface area is 107 Å². The van der Waals surface area contributed by atoms with E-state index < -0.39 is 5.60 Å². The van der Waals surface area contributed by atoms with E-state index in [0.717, 1.165) is 33.7 Å². The molecule has 0 aromatic heterocycles. The van der Waals surface area contributed by atoms with Crippen molar-refractivity contribution in [3.63, 3.8) is 0 Å². The van der Waals surface area contributed by atoms with E-state index in [1.807, 2.05) is 27.7 Å². The van der Waals surface area contributed by atoms with Gasteiger partial charge in [-0.15, -0.1) is 0 Å². The highest BCUT2D eigenvalue weighted by Gasteiger charge is 2.37. The van der Waals surface area contributed by atoms with Crippen molar-refractivity contribution in [1.29, 1.82) is 0 Å². The number of benzene rings is 1. The summed E-state index contributed by atoms with van der Waals surface area (Å²) >= 11 is 0. The molecule has 0 spiro atoms. The molecule has 0 fully saturated rings. The summed E-state index contributed by atoms with van der Waals surface area (Å²) in [4.78, 5) is 10.7. The van der Waals surface area contributed by atoms with E-state index in [1.54, 1.807) is 0 Å². The van der Waals surface area contributed by atoms with Crippen LogP contribution in [0.15, 0.2) is 0 Å². The van der Waals surface area contributed by atoms with Crippen molar-refractivity contribution in [2.45, 2.75) is 39.7 Å². The number of hydrogen-bond donors (Lipinski definition) is 2. The Bertz CT molecular complexity index is 510. The first-order valence-electron chi connectivity index (χ1n) is 6.06. The Morgan fingerprint density at radius 2 is 2.00 bits per heavy atom. The third kappa shape index (κ3) is 1.77. The smallest absolute Gasteiger partial charge is 0.211 e. The summed E-state index contributed by atoms with van der Waals surface area (Å²) in [7, 11) is 0. The highest BCUT2D eigenvalue weighted by molar-refractivity contribution is 5.79. The molecule has 1 amide bonds. The van der Waals surface area contributed by atoms with E-state index >= 15 is 0 Å². The van der Waals surface area contributed by atoms with Crippen molar-refractivity contribution in [2.75, 3.05) is 11.9 Å².